The highest BCUT2D eigenvalue weighted by Gasteiger charge is 2.12. The summed E-state index contributed by atoms with van der Waals surface area (Å²) in [6.07, 6.45) is 1.62. The molecule has 140 valence electrons. The second-order valence-electron chi connectivity index (χ2n) is 5.58. The van der Waals surface area contributed by atoms with E-state index in [1.165, 1.54) is 4.68 Å². The number of ether oxygens (including phenoxy) is 2. The number of rotatable bonds is 6. The molecule has 0 radical (unpaired) electrons. The maximum atomic E-state index is 6.39. The number of benzene rings is 2. The maximum Gasteiger partial charge on any atom is 0.216 e. The first-order chi connectivity index (χ1) is 13.0. The van der Waals surface area contributed by atoms with Gasteiger partial charge in [0.15, 0.2) is 11.5 Å². The van der Waals surface area contributed by atoms with Crippen molar-refractivity contribution >= 4 is 41.6 Å². The van der Waals surface area contributed by atoms with Crippen LogP contribution in [0.1, 0.15) is 17.0 Å². The Bertz CT molecular complexity index is 1030. The molecule has 3 aromatic rings. The lowest BCUT2D eigenvalue weighted by Gasteiger charge is -2.13. The topological polar surface area (TPSA) is 64.4 Å². The summed E-state index contributed by atoms with van der Waals surface area (Å²) >= 11 is 17.4. The van der Waals surface area contributed by atoms with Crippen LogP contribution < -0.4 is 9.47 Å². The van der Waals surface area contributed by atoms with E-state index in [0.717, 1.165) is 11.1 Å². The lowest BCUT2D eigenvalue weighted by molar-refractivity contribution is 0.284. The first-order valence-electron chi connectivity index (χ1n) is 7.91. The molecular weight excluding hydrogens is 407 g/mol. The highest BCUT2D eigenvalue weighted by molar-refractivity contribution is 7.71. The van der Waals surface area contributed by atoms with Gasteiger partial charge in [-0.25, -0.2) is 0 Å². The number of nitrogens with one attached hydrogen (secondary N) is 1. The van der Waals surface area contributed by atoms with Crippen molar-refractivity contribution < 1.29 is 9.47 Å². The largest absolute Gasteiger partial charge is 0.493 e. The number of methoxy groups -OCH3 is 1. The van der Waals surface area contributed by atoms with Crippen molar-refractivity contribution in [1.29, 1.82) is 0 Å². The van der Waals surface area contributed by atoms with E-state index in [1.807, 2.05) is 24.3 Å². The average Bonchev–Trinajstić information content (AvgIpc) is 2.98. The van der Waals surface area contributed by atoms with Crippen LogP contribution in [0.15, 0.2) is 41.5 Å². The molecule has 0 bridgehead atoms. The molecule has 0 atom stereocenters. The van der Waals surface area contributed by atoms with Crippen molar-refractivity contribution in [3.8, 4) is 11.5 Å². The molecular formula is C18H16Cl2N4O2S. The molecule has 0 aliphatic carbocycles. The summed E-state index contributed by atoms with van der Waals surface area (Å²) in [4.78, 5) is 0. The first kappa shape index (κ1) is 19.4. The highest BCUT2D eigenvalue weighted by atomic mass is 35.5. The van der Waals surface area contributed by atoms with Crippen LogP contribution in [0.25, 0.3) is 0 Å². The Morgan fingerprint density at radius 1 is 1.26 bits per heavy atom. The molecule has 0 spiro atoms. The van der Waals surface area contributed by atoms with Crippen LogP contribution in [0, 0.1) is 11.7 Å². The number of aromatic nitrogens is 3. The molecule has 0 saturated carbocycles. The zero-order valence-corrected chi connectivity index (χ0v) is 16.9. The molecule has 2 aromatic carbocycles. The van der Waals surface area contributed by atoms with Gasteiger partial charge < -0.3 is 9.47 Å². The number of hydrogen-bond acceptors (Lipinski definition) is 5. The second-order valence-corrected chi connectivity index (χ2v) is 6.81. The normalized spacial score (nSPS) is 11.1. The highest BCUT2D eigenvalue weighted by Crippen LogP contribution is 2.36. The van der Waals surface area contributed by atoms with Crippen LogP contribution in [0.5, 0.6) is 11.5 Å². The van der Waals surface area contributed by atoms with Gasteiger partial charge in [0.1, 0.15) is 12.4 Å². The molecule has 0 aliphatic heterocycles. The van der Waals surface area contributed by atoms with Crippen LogP contribution in [0.4, 0.5) is 0 Å². The predicted octanol–water partition coefficient (Wildman–Crippen LogP) is 5.03. The van der Waals surface area contributed by atoms with E-state index < -0.39 is 0 Å². The van der Waals surface area contributed by atoms with Crippen molar-refractivity contribution in [2.45, 2.75) is 13.5 Å². The molecule has 0 unspecified atom stereocenters. The molecule has 0 amide bonds. The quantitative estimate of drug-likeness (QED) is 0.447. The summed E-state index contributed by atoms with van der Waals surface area (Å²) < 4.78 is 13.2. The number of aromatic amines is 1. The van der Waals surface area contributed by atoms with Crippen LogP contribution >= 0.6 is 35.4 Å². The third-order valence-electron chi connectivity index (χ3n) is 3.68. The van der Waals surface area contributed by atoms with Gasteiger partial charge in [-0.3, -0.25) is 5.10 Å². The third-order valence-corrected chi connectivity index (χ3v) is 4.48. The van der Waals surface area contributed by atoms with E-state index >= 15 is 0 Å². The summed E-state index contributed by atoms with van der Waals surface area (Å²) in [5.41, 5.74) is 1.70. The standard InChI is InChI=1S/C18H16Cl2N4O2S/c1-11-22-23-18(27)24(11)21-9-13-7-15(20)17(16(8-13)25-2)26-10-12-3-5-14(19)6-4-12/h3-9H,10H2,1-2H3,(H,23,27)/b21-9-. The van der Waals surface area contributed by atoms with Gasteiger partial charge in [-0.1, -0.05) is 35.3 Å². The third kappa shape index (κ3) is 4.68. The monoisotopic (exact) mass is 422 g/mol. The van der Waals surface area contributed by atoms with E-state index in [2.05, 4.69) is 15.3 Å². The molecule has 1 aromatic heterocycles. The first-order valence-corrected chi connectivity index (χ1v) is 9.07. The fourth-order valence-electron chi connectivity index (χ4n) is 2.32. The number of halogens is 2. The van der Waals surface area contributed by atoms with Crippen molar-refractivity contribution in [3.63, 3.8) is 0 Å². The van der Waals surface area contributed by atoms with Gasteiger partial charge in [0, 0.05) is 5.02 Å². The minimum atomic E-state index is 0.337. The van der Waals surface area contributed by atoms with Crippen LogP contribution in [-0.2, 0) is 6.61 Å². The molecule has 0 aliphatic rings. The SMILES string of the molecule is COc1cc(/C=N\n2c(C)n[nH]c2=S)cc(Cl)c1OCc1ccc(Cl)cc1. The van der Waals surface area contributed by atoms with Gasteiger partial charge in [-0.15, -0.1) is 0 Å². The number of hydrogen-bond donors (Lipinski definition) is 1. The maximum absolute atomic E-state index is 6.39. The number of H-pyrrole nitrogens is 1. The average molecular weight is 423 g/mol. The summed E-state index contributed by atoms with van der Waals surface area (Å²) in [7, 11) is 1.55. The molecule has 1 N–H and O–H groups in total. The van der Waals surface area contributed by atoms with Crippen molar-refractivity contribution in [1.82, 2.24) is 14.9 Å². The molecule has 0 saturated heterocycles. The van der Waals surface area contributed by atoms with Crippen molar-refractivity contribution in [2.24, 2.45) is 5.10 Å². The summed E-state index contributed by atoms with van der Waals surface area (Å²) in [5.74, 6) is 1.62. The van der Waals surface area contributed by atoms with E-state index in [9.17, 15) is 0 Å². The Hall–Kier alpha value is -2.35. The molecule has 6 nitrogen and oxygen atoms in total. The Balaban J connectivity index is 1.82. The summed E-state index contributed by atoms with van der Waals surface area (Å²) in [6.45, 7) is 2.13. The minimum absolute atomic E-state index is 0.337. The molecule has 27 heavy (non-hydrogen) atoms. The van der Waals surface area contributed by atoms with E-state index in [4.69, 9.17) is 44.9 Å². The lowest BCUT2D eigenvalue weighted by atomic mass is 10.2. The van der Waals surface area contributed by atoms with Gasteiger partial charge in [0.2, 0.25) is 4.77 Å². The molecule has 3 rings (SSSR count). The Labute approximate surface area is 171 Å². The van der Waals surface area contributed by atoms with Gasteiger partial charge in [0.25, 0.3) is 0 Å². The van der Waals surface area contributed by atoms with Crippen LogP contribution in [0.3, 0.4) is 0 Å². The second kappa shape index (κ2) is 8.56. The van der Waals surface area contributed by atoms with Gasteiger partial charge in [-0.2, -0.15) is 14.9 Å². The number of aryl methyl sites for hydroxylation is 1. The minimum Gasteiger partial charge on any atom is -0.493 e. The van der Waals surface area contributed by atoms with Gasteiger partial charge >= 0.3 is 0 Å². The zero-order valence-electron chi connectivity index (χ0n) is 14.6. The van der Waals surface area contributed by atoms with Crippen molar-refractivity contribution in [3.05, 3.63) is 68.2 Å². The van der Waals surface area contributed by atoms with E-state index in [0.29, 0.717) is 38.7 Å². The fraction of sp³-hybridized carbons (Fsp3) is 0.167. The smallest absolute Gasteiger partial charge is 0.216 e. The van der Waals surface area contributed by atoms with E-state index in [-0.39, 0.29) is 0 Å². The molecule has 1 heterocycles. The lowest BCUT2D eigenvalue weighted by Crippen LogP contribution is -2.00. The summed E-state index contributed by atoms with van der Waals surface area (Å²) in [6, 6.07) is 10.9. The van der Waals surface area contributed by atoms with Crippen LogP contribution in [0.2, 0.25) is 10.0 Å². The van der Waals surface area contributed by atoms with Crippen molar-refractivity contribution in [2.75, 3.05) is 7.11 Å². The van der Waals surface area contributed by atoms with E-state index in [1.54, 1.807) is 32.4 Å². The Morgan fingerprint density at radius 2 is 2.00 bits per heavy atom. The fourth-order valence-corrected chi connectivity index (χ4v) is 2.95. The molecule has 9 heteroatoms. The Morgan fingerprint density at radius 3 is 2.63 bits per heavy atom. The van der Waals surface area contributed by atoms with Crippen LogP contribution in [-0.4, -0.2) is 28.2 Å². The van der Waals surface area contributed by atoms with Gasteiger partial charge in [-0.05, 0) is 54.5 Å². The Kier molecular flexibility index (Phi) is 6.15. The number of nitrogens with zero attached hydrogens (tertiary/aromatic N) is 3. The summed E-state index contributed by atoms with van der Waals surface area (Å²) in [5, 5.41) is 12.1. The van der Waals surface area contributed by atoms with Gasteiger partial charge in [0.05, 0.1) is 18.3 Å². The zero-order chi connectivity index (χ0) is 19.4. The molecule has 0 fully saturated rings. The predicted molar refractivity (Wildman–Crippen MR) is 109 cm³/mol.